The minimum absolute atomic E-state index is 0.0760. The summed E-state index contributed by atoms with van der Waals surface area (Å²) in [6, 6.07) is 3.54. The minimum atomic E-state index is -0.986. The summed E-state index contributed by atoms with van der Waals surface area (Å²) in [4.78, 5) is 67.4. The molecule has 35 heavy (non-hydrogen) atoms. The molecule has 188 valence electrons. The van der Waals surface area contributed by atoms with E-state index < -0.39 is 47.2 Å². The number of hydrogen-bond donors (Lipinski definition) is 5. The van der Waals surface area contributed by atoms with Crippen LogP contribution in [0.15, 0.2) is 36.8 Å². The van der Waals surface area contributed by atoms with E-state index in [-0.39, 0.29) is 45.1 Å². The fourth-order valence-electron chi connectivity index (χ4n) is 3.31. The lowest BCUT2D eigenvalue weighted by Crippen LogP contribution is -2.46. The fraction of sp³-hybridized carbons (Fsp3) is 0.391. The Morgan fingerprint density at radius 1 is 0.886 bits per heavy atom. The molecule has 0 saturated carbocycles. The van der Waals surface area contributed by atoms with Crippen molar-refractivity contribution in [3.05, 3.63) is 53.9 Å². The molecule has 3 amide bonds. The van der Waals surface area contributed by atoms with Crippen molar-refractivity contribution in [1.29, 1.82) is 0 Å². The number of ketones is 2. The van der Waals surface area contributed by atoms with E-state index >= 15 is 0 Å². The molecule has 1 aromatic heterocycles. The van der Waals surface area contributed by atoms with Crippen LogP contribution in [-0.4, -0.2) is 57.9 Å². The van der Waals surface area contributed by atoms with Crippen LogP contribution < -0.4 is 22.1 Å². The summed E-state index contributed by atoms with van der Waals surface area (Å²) in [7, 11) is 0. The van der Waals surface area contributed by atoms with Gasteiger partial charge in [0.1, 0.15) is 5.82 Å². The molecule has 0 aliphatic carbocycles. The second-order valence-electron chi connectivity index (χ2n) is 7.95. The van der Waals surface area contributed by atoms with Crippen molar-refractivity contribution in [2.75, 3.05) is 6.54 Å². The van der Waals surface area contributed by atoms with Crippen molar-refractivity contribution in [2.24, 2.45) is 11.5 Å². The smallest absolute Gasteiger partial charge is 0.234 e. The maximum atomic E-state index is 13.2. The van der Waals surface area contributed by atoms with Crippen LogP contribution in [0.25, 0.3) is 0 Å². The Morgan fingerprint density at radius 3 is 2.06 bits per heavy atom. The minimum Gasteiger partial charge on any atom is -0.370 e. The van der Waals surface area contributed by atoms with E-state index in [4.69, 9.17) is 11.5 Å². The number of amides is 3. The van der Waals surface area contributed by atoms with Crippen molar-refractivity contribution < 1.29 is 28.4 Å². The molecule has 0 fully saturated rings. The van der Waals surface area contributed by atoms with Gasteiger partial charge in [-0.25, -0.2) is 9.37 Å². The summed E-state index contributed by atoms with van der Waals surface area (Å²) in [5.74, 6) is -3.00. The number of aromatic amines is 1. The van der Waals surface area contributed by atoms with E-state index in [1.54, 1.807) is 0 Å². The van der Waals surface area contributed by atoms with E-state index in [1.165, 1.54) is 36.8 Å². The molecule has 0 radical (unpaired) electrons. The molecule has 1 heterocycles. The third-order valence-electron chi connectivity index (χ3n) is 5.18. The lowest BCUT2D eigenvalue weighted by molar-refractivity contribution is -0.130. The summed E-state index contributed by atoms with van der Waals surface area (Å²) >= 11 is 0. The van der Waals surface area contributed by atoms with E-state index in [2.05, 4.69) is 20.6 Å². The van der Waals surface area contributed by atoms with Crippen LogP contribution in [0.1, 0.15) is 36.9 Å². The van der Waals surface area contributed by atoms with Gasteiger partial charge in [-0.3, -0.25) is 24.0 Å². The Kier molecular flexibility index (Phi) is 10.7. The van der Waals surface area contributed by atoms with Gasteiger partial charge in [-0.15, -0.1) is 0 Å². The maximum Gasteiger partial charge on any atom is 0.234 e. The van der Waals surface area contributed by atoms with E-state index in [9.17, 15) is 28.4 Å². The predicted octanol–water partition coefficient (Wildman–Crippen LogP) is -0.554. The molecular weight excluding hydrogens is 459 g/mol. The van der Waals surface area contributed by atoms with Crippen LogP contribution in [0, 0.1) is 5.82 Å². The zero-order valence-electron chi connectivity index (χ0n) is 19.1. The van der Waals surface area contributed by atoms with Gasteiger partial charge in [0.2, 0.25) is 17.7 Å². The highest BCUT2D eigenvalue weighted by molar-refractivity contribution is 5.94. The lowest BCUT2D eigenvalue weighted by atomic mass is 9.98. The first-order valence-electron chi connectivity index (χ1n) is 11.0. The molecule has 0 aliphatic heterocycles. The highest BCUT2D eigenvalue weighted by Crippen LogP contribution is 2.10. The maximum absolute atomic E-state index is 13.2. The largest absolute Gasteiger partial charge is 0.370 e. The third-order valence-corrected chi connectivity index (χ3v) is 5.18. The Balaban J connectivity index is 2.00. The number of carbonyl (C=O) groups excluding carboxylic acids is 5. The summed E-state index contributed by atoms with van der Waals surface area (Å²) in [5.41, 5.74) is 11.7. The zero-order chi connectivity index (χ0) is 25.8. The molecule has 2 rings (SSSR count). The number of nitrogens with two attached hydrogens (primary N) is 2. The molecule has 0 spiro atoms. The first kappa shape index (κ1) is 27.3. The molecule has 11 nitrogen and oxygen atoms in total. The highest BCUT2D eigenvalue weighted by atomic mass is 19.1. The first-order chi connectivity index (χ1) is 16.7. The number of primary amides is 1. The average molecular weight is 489 g/mol. The third kappa shape index (κ3) is 9.84. The number of carbonyl (C=O) groups is 5. The second kappa shape index (κ2) is 13.7. The number of H-pyrrole nitrogens is 1. The summed E-state index contributed by atoms with van der Waals surface area (Å²) < 4.78 is 13.2. The lowest BCUT2D eigenvalue weighted by Gasteiger charge is -2.19. The molecule has 0 unspecified atom stereocenters. The van der Waals surface area contributed by atoms with Crippen LogP contribution in [0.3, 0.4) is 0 Å². The number of rotatable bonds is 15. The van der Waals surface area contributed by atoms with Gasteiger partial charge in [0, 0.05) is 44.0 Å². The number of nitrogens with one attached hydrogen (secondary N) is 3. The van der Waals surface area contributed by atoms with Crippen molar-refractivity contribution in [3.8, 4) is 0 Å². The van der Waals surface area contributed by atoms with Gasteiger partial charge < -0.3 is 27.1 Å². The van der Waals surface area contributed by atoms with Crippen LogP contribution in [0.4, 0.5) is 4.39 Å². The van der Waals surface area contributed by atoms with Gasteiger partial charge in [-0.1, -0.05) is 12.1 Å². The number of imidazole rings is 1. The quantitative estimate of drug-likeness (QED) is 0.222. The molecule has 0 saturated heterocycles. The van der Waals surface area contributed by atoms with Gasteiger partial charge >= 0.3 is 0 Å². The van der Waals surface area contributed by atoms with E-state index in [1.807, 2.05) is 0 Å². The number of halogens is 1. The van der Waals surface area contributed by atoms with Crippen LogP contribution >= 0.6 is 0 Å². The van der Waals surface area contributed by atoms with Crippen molar-refractivity contribution in [2.45, 2.75) is 50.6 Å². The molecule has 1 aromatic carbocycles. The van der Waals surface area contributed by atoms with Gasteiger partial charge in [0.05, 0.1) is 25.0 Å². The first-order valence-corrected chi connectivity index (χ1v) is 11.0. The molecule has 2 atom stereocenters. The molecular formula is C23H29FN6O5. The monoisotopic (exact) mass is 488 g/mol. The molecule has 7 N–H and O–H groups in total. The fourth-order valence-corrected chi connectivity index (χ4v) is 3.31. The number of benzene rings is 1. The Hall–Kier alpha value is -3.93. The zero-order valence-corrected chi connectivity index (χ0v) is 19.1. The van der Waals surface area contributed by atoms with Crippen LogP contribution in [-0.2, 0) is 36.8 Å². The van der Waals surface area contributed by atoms with Crippen molar-refractivity contribution in [1.82, 2.24) is 20.6 Å². The van der Waals surface area contributed by atoms with Crippen LogP contribution in [0.2, 0.25) is 0 Å². The van der Waals surface area contributed by atoms with Gasteiger partial charge in [0.25, 0.3) is 0 Å². The highest BCUT2D eigenvalue weighted by Gasteiger charge is 2.25. The molecule has 2 aromatic rings. The Bertz CT molecular complexity index is 1030. The summed E-state index contributed by atoms with van der Waals surface area (Å²) in [6.07, 6.45) is 2.39. The van der Waals surface area contributed by atoms with Crippen molar-refractivity contribution in [3.63, 3.8) is 0 Å². The standard InChI is InChI=1S/C23H29FN6O5/c24-15-3-1-14(2-4-15)9-17(19(31)5-7-21(26)33)29-22(34)8-6-20(32)18(30-23(35)11-25)10-16-12-27-13-28-16/h1-4,12-13,17-18H,5-11,25H2,(H2,26,33)(H,27,28)(H,29,34)(H,30,35)/t17-,18-/m0/s1. The molecule has 0 aliphatic rings. The number of hydrogen-bond acceptors (Lipinski definition) is 7. The SMILES string of the molecule is NCC(=O)N[C@@H](Cc1cnc[nH]1)C(=O)CCC(=O)N[C@@H](Cc1ccc(F)cc1)C(=O)CCC(N)=O. The summed E-state index contributed by atoms with van der Waals surface area (Å²) in [6.45, 7) is -0.300. The Labute approximate surface area is 201 Å². The molecule has 12 heteroatoms. The summed E-state index contributed by atoms with van der Waals surface area (Å²) in [5, 5.41) is 5.12. The Morgan fingerprint density at radius 2 is 1.49 bits per heavy atom. The van der Waals surface area contributed by atoms with Crippen LogP contribution in [0.5, 0.6) is 0 Å². The predicted molar refractivity (Wildman–Crippen MR) is 123 cm³/mol. The van der Waals surface area contributed by atoms with Gasteiger partial charge in [-0.2, -0.15) is 0 Å². The second-order valence-corrected chi connectivity index (χ2v) is 7.95. The number of aromatic nitrogens is 2. The average Bonchev–Trinajstić information content (AvgIpc) is 3.34. The number of nitrogens with zero attached hydrogens (tertiary/aromatic N) is 1. The van der Waals surface area contributed by atoms with Gasteiger partial charge in [0.15, 0.2) is 11.6 Å². The number of Topliss-reactive ketones (excluding diaryl/α,β-unsaturated/α-hetero) is 2. The normalized spacial score (nSPS) is 12.4. The van der Waals surface area contributed by atoms with Crippen molar-refractivity contribution >= 4 is 29.3 Å². The van der Waals surface area contributed by atoms with E-state index in [0.717, 1.165) is 0 Å². The van der Waals surface area contributed by atoms with E-state index in [0.29, 0.717) is 11.3 Å². The topological polar surface area (TPSA) is 190 Å². The van der Waals surface area contributed by atoms with Gasteiger partial charge in [-0.05, 0) is 24.1 Å². The molecule has 0 bridgehead atoms.